The highest BCUT2D eigenvalue weighted by Crippen LogP contribution is 2.22. The number of nitrogens with one attached hydrogen (secondary N) is 2. The fraction of sp³-hybridized carbons (Fsp3) is 0.0833. The van der Waals surface area contributed by atoms with E-state index in [4.69, 9.17) is 0 Å². The van der Waals surface area contributed by atoms with E-state index in [1.165, 1.54) is 24.4 Å². The summed E-state index contributed by atoms with van der Waals surface area (Å²) in [5, 5.41) is 2.55. The molecular formula is C12H12FN3O2S. The van der Waals surface area contributed by atoms with Gasteiger partial charge in [-0.15, -0.1) is 0 Å². The molecule has 2 rings (SSSR count). The van der Waals surface area contributed by atoms with Crippen LogP contribution in [0.1, 0.15) is 0 Å². The van der Waals surface area contributed by atoms with Gasteiger partial charge in [-0.2, -0.15) is 8.42 Å². The molecule has 0 aliphatic heterocycles. The predicted octanol–water partition coefficient (Wildman–Crippen LogP) is 2.06. The Hall–Kier alpha value is -2.15. The number of anilines is 2. The van der Waals surface area contributed by atoms with Crippen molar-refractivity contribution in [1.82, 2.24) is 4.98 Å². The van der Waals surface area contributed by atoms with E-state index in [9.17, 15) is 12.8 Å². The molecule has 1 aromatic heterocycles. The predicted molar refractivity (Wildman–Crippen MR) is 71.0 cm³/mol. The van der Waals surface area contributed by atoms with Gasteiger partial charge in [0.1, 0.15) is 5.82 Å². The summed E-state index contributed by atoms with van der Waals surface area (Å²) in [7, 11) is -2.36. The van der Waals surface area contributed by atoms with E-state index < -0.39 is 15.8 Å². The van der Waals surface area contributed by atoms with Crippen molar-refractivity contribution < 1.29 is 12.8 Å². The Morgan fingerprint density at radius 3 is 2.47 bits per heavy atom. The summed E-state index contributed by atoms with van der Waals surface area (Å²) in [4.78, 5) is 3.81. The second-order valence-electron chi connectivity index (χ2n) is 3.69. The molecule has 0 saturated heterocycles. The van der Waals surface area contributed by atoms with E-state index in [2.05, 4.69) is 15.0 Å². The third kappa shape index (κ3) is 2.82. The highest BCUT2D eigenvalue weighted by atomic mass is 32.2. The third-order valence-electron chi connectivity index (χ3n) is 2.41. The van der Waals surface area contributed by atoms with Crippen molar-refractivity contribution >= 4 is 21.4 Å². The van der Waals surface area contributed by atoms with Crippen LogP contribution < -0.4 is 10.0 Å². The van der Waals surface area contributed by atoms with Crippen LogP contribution in [0.4, 0.5) is 15.8 Å². The zero-order valence-corrected chi connectivity index (χ0v) is 10.9. The minimum absolute atomic E-state index is 0.116. The van der Waals surface area contributed by atoms with Gasteiger partial charge >= 0.3 is 0 Å². The van der Waals surface area contributed by atoms with Gasteiger partial charge in [-0.05, 0) is 24.3 Å². The first-order chi connectivity index (χ1) is 9.04. The molecule has 0 amide bonds. The van der Waals surface area contributed by atoms with Crippen molar-refractivity contribution in [2.24, 2.45) is 0 Å². The first-order valence-electron chi connectivity index (χ1n) is 5.45. The van der Waals surface area contributed by atoms with Crippen LogP contribution in [0.15, 0.2) is 47.6 Å². The molecule has 0 aliphatic carbocycles. The maximum atomic E-state index is 13.5. The first kappa shape index (κ1) is 13.3. The van der Waals surface area contributed by atoms with Gasteiger partial charge in [0.05, 0.1) is 11.4 Å². The summed E-state index contributed by atoms with van der Waals surface area (Å²) >= 11 is 0. The fourth-order valence-electron chi connectivity index (χ4n) is 1.53. The minimum atomic E-state index is -3.94. The van der Waals surface area contributed by atoms with Crippen molar-refractivity contribution in [3.05, 3.63) is 48.4 Å². The van der Waals surface area contributed by atoms with Crippen molar-refractivity contribution in [2.45, 2.75) is 5.03 Å². The molecule has 0 unspecified atom stereocenters. The molecule has 19 heavy (non-hydrogen) atoms. The van der Waals surface area contributed by atoms with Crippen LogP contribution >= 0.6 is 0 Å². The molecule has 0 saturated carbocycles. The molecule has 2 N–H and O–H groups in total. The van der Waals surface area contributed by atoms with Crippen molar-refractivity contribution in [3.8, 4) is 0 Å². The average molecular weight is 281 g/mol. The van der Waals surface area contributed by atoms with Crippen LogP contribution in [0.5, 0.6) is 0 Å². The Bertz CT molecular complexity index is 689. The van der Waals surface area contributed by atoms with Crippen molar-refractivity contribution in [1.29, 1.82) is 0 Å². The van der Waals surface area contributed by atoms with Gasteiger partial charge in [0.2, 0.25) is 0 Å². The number of aromatic nitrogens is 1. The quantitative estimate of drug-likeness (QED) is 0.900. The number of halogens is 1. The van der Waals surface area contributed by atoms with Crippen LogP contribution in [0.3, 0.4) is 0 Å². The van der Waals surface area contributed by atoms with Gasteiger partial charge in [-0.25, -0.2) is 9.37 Å². The molecule has 100 valence electrons. The van der Waals surface area contributed by atoms with Crippen LogP contribution in [0.2, 0.25) is 0 Å². The average Bonchev–Trinajstić information content (AvgIpc) is 2.41. The topological polar surface area (TPSA) is 71.1 Å². The van der Waals surface area contributed by atoms with Gasteiger partial charge in [0, 0.05) is 13.2 Å². The van der Waals surface area contributed by atoms with Gasteiger partial charge in [0.25, 0.3) is 10.0 Å². The number of rotatable bonds is 4. The second kappa shape index (κ2) is 5.23. The number of para-hydroxylation sites is 1. The van der Waals surface area contributed by atoms with Crippen molar-refractivity contribution in [2.75, 3.05) is 17.1 Å². The molecule has 0 aliphatic rings. The van der Waals surface area contributed by atoms with Crippen LogP contribution in [0, 0.1) is 5.82 Å². The number of hydrogen-bond donors (Lipinski definition) is 2. The van der Waals surface area contributed by atoms with E-state index in [0.717, 1.165) is 0 Å². The number of benzene rings is 1. The number of nitrogens with zero attached hydrogens (tertiary/aromatic N) is 1. The number of pyridine rings is 1. The van der Waals surface area contributed by atoms with E-state index in [0.29, 0.717) is 5.69 Å². The Morgan fingerprint density at radius 2 is 1.79 bits per heavy atom. The summed E-state index contributed by atoms with van der Waals surface area (Å²) in [6.45, 7) is 0. The Morgan fingerprint density at radius 1 is 1.11 bits per heavy atom. The summed E-state index contributed by atoms with van der Waals surface area (Å²) in [6.07, 6.45) is 1.36. The smallest absolute Gasteiger partial charge is 0.281 e. The zero-order valence-electron chi connectivity index (χ0n) is 10.1. The SMILES string of the molecule is CNc1cccnc1S(=O)(=O)Nc1ccccc1F. The monoisotopic (exact) mass is 281 g/mol. The van der Waals surface area contributed by atoms with Gasteiger partial charge in [-0.3, -0.25) is 4.72 Å². The minimum Gasteiger partial charge on any atom is -0.386 e. The van der Waals surface area contributed by atoms with Gasteiger partial charge in [0.15, 0.2) is 5.03 Å². The molecule has 1 aromatic carbocycles. The largest absolute Gasteiger partial charge is 0.386 e. The molecule has 2 aromatic rings. The molecule has 0 atom stereocenters. The van der Waals surface area contributed by atoms with E-state index in [-0.39, 0.29) is 10.7 Å². The van der Waals surface area contributed by atoms with E-state index in [1.807, 2.05) is 0 Å². The summed E-state index contributed by atoms with van der Waals surface area (Å²) in [6, 6.07) is 8.71. The molecular weight excluding hydrogens is 269 g/mol. The van der Waals surface area contributed by atoms with Gasteiger partial charge < -0.3 is 5.32 Å². The standard InChI is InChI=1S/C12H12FN3O2S/c1-14-11-7-4-8-15-12(11)19(17,18)16-10-6-3-2-5-9(10)13/h2-8,14,16H,1H3. The fourth-order valence-corrected chi connectivity index (χ4v) is 2.74. The molecule has 1 heterocycles. The Labute approximate surface area is 110 Å². The lowest BCUT2D eigenvalue weighted by molar-refractivity contribution is 0.595. The van der Waals surface area contributed by atoms with Crippen LogP contribution in [-0.2, 0) is 10.0 Å². The molecule has 0 spiro atoms. The summed E-state index contributed by atoms with van der Waals surface area (Å²) < 4.78 is 39.9. The molecule has 5 nitrogen and oxygen atoms in total. The normalized spacial score (nSPS) is 11.1. The molecule has 0 radical (unpaired) electrons. The van der Waals surface area contributed by atoms with E-state index in [1.54, 1.807) is 25.2 Å². The lowest BCUT2D eigenvalue weighted by Crippen LogP contribution is -2.17. The highest BCUT2D eigenvalue weighted by molar-refractivity contribution is 7.92. The molecule has 0 fully saturated rings. The lowest BCUT2D eigenvalue weighted by Gasteiger charge is -2.11. The van der Waals surface area contributed by atoms with Crippen molar-refractivity contribution in [3.63, 3.8) is 0 Å². The summed E-state index contributed by atoms with van der Waals surface area (Å²) in [5.74, 6) is -0.645. The zero-order chi connectivity index (χ0) is 13.9. The Kier molecular flexibility index (Phi) is 3.66. The lowest BCUT2D eigenvalue weighted by atomic mass is 10.3. The molecule has 7 heteroatoms. The maximum Gasteiger partial charge on any atom is 0.281 e. The summed E-state index contributed by atoms with van der Waals surface area (Å²) in [5.41, 5.74) is 0.224. The van der Waals surface area contributed by atoms with Gasteiger partial charge in [-0.1, -0.05) is 12.1 Å². The number of hydrogen-bond acceptors (Lipinski definition) is 4. The third-order valence-corrected chi connectivity index (χ3v) is 3.74. The van der Waals surface area contributed by atoms with E-state index >= 15 is 0 Å². The Balaban J connectivity index is 2.41. The maximum absolute atomic E-state index is 13.5. The second-order valence-corrected chi connectivity index (χ2v) is 5.29. The number of sulfonamides is 1. The van der Waals surface area contributed by atoms with Crippen LogP contribution in [0.25, 0.3) is 0 Å². The van der Waals surface area contributed by atoms with Crippen LogP contribution in [-0.4, -0.2) is 20.4 Å². The first-order valence-corrected chi connectivity index (χ1v) is 6.93. The molecule has 0 bridgehead atoms. The highest BCUT2D eigenvalue weighted by Gasteiger charge is 2.20.